The minimum absolute atomic E-state index is 0.161. The molecule has 1 fully saturated rings. The molecule has 0 spiro atoms. The molecule has 3 nitrogen and oxygen atoms in total. The zero-order chi connectivity index (χ0) is 14.2. The molecule has 1 heterocycles. The predicted molar refractivity (Wildman–Crippen MR) is 85.7 cm³/mol. The van der Waals surface area contributed by atoms with Gasteiger partial charge in [0.1, 0.15) is 0 Å². The highest BCUT2D eigenvalue weighted by Gasteiger charge is 2.12. The van der Waals surface area contributed by atoms with Crippen molar-refractivity contribution in [3.8, 4) is 0 Å². The molecule has 2 N–H and O–H groups in total. The molecule has 1 atom stereocenters. The fourth-order valence-electron chi connectivity index (χ4n) is 2.62. The van der Waals surface area contributed by atoms with Gasteiger partial charge in [-0.15, -0.1) is 0 Å². The zero-order valence-electron chi connectivity index (χ0n) is 11.8. The SMILES string of the molecule is O=C(CCc1cccc(Br)c1)NCCC1CCCNC1. The summed E-state index contributed by atoms with van der Waals surface area (Å²) in [6.45, 7) is 3.06. The van der Waals surface area contributed by atoms with Crippen LogP contribution in [-0.4, -0.2) is 25.5 Å². The molecule has 1 aromatic carbocycles. The number of rotatable bonds is 6. The van der Waals surface area contributed by atoms with Crippen molar-refractivity contribution >= 4 is 21.8 Å². The second-order valence-electron chi connectivity index (χ2n) is 5.48. The number of carbonyl (C=O) groups is 1. The Morgan fingerprint density at radius 1 is 1.45 bits per heavy atom. The van der Waals surface area contributed by atoms with E-state index in [0.717, 1.165) is 42.9 Å². The number of piperidine rings is 1. The van der Waals surface area contributed by atoms with Crippen molar-refractivity contribution < 1.29 is 4.79 Å². The lowest BCUT2D eigenvalue weighted by Crippen LogP contribution is -2.33. The molecule has 0 radical (unpaired) electrons. The van der Waals surface area contributed by atoms with Crippen LogP contribution in [0.1, 0.15) is 31.2 Å². The maximum Gasteiger partial charge on any atom is 0.220 e. The van der Waals surface area contributed by atoms with Crippen molar-refractivity contribution in [2.75, 3.05) is 19.6 Å². The molecule has 1 aliphatic rings. The van der Waals surface area contributed by atoms with E-state index >= 15 is 0 Å². The van der Waals surface area contributed by atoms with E-state index in [-0.39, 0.29) is 5.91 Å². The van der Waals surface area contributed by atoms with E-state index in [1.807, 2.05) is 12.1 Å². The van der Waals surface area contributed by atoms with Crippen molar-refractivity contribution in [1.82, 2.24) is 10.6 Å². The lowest BCUT2D eigenvalue weighted by Gasteiger charge is -2.22. The van der Waals surface area contributed by atoms with Crippen LogP contribution in [0.2, 0.25) is 0 Å². The molecular formula is C16H23BrN2O. The van der Waals surface area contributed by atoms with Gasteiger partial charge in [0.15, 0.2) is 0 Å². The van der Waals surface area contributed by atoms with Crippen LogP contribution in [-0.2, 0) is 11.2 Å². The molecule has 0 aliphatic carbocycles. The van der Waals surface area contributed by atoms with Gasteiger partial charge in [0.2, 0.25) is 5.91 Å². The van der Waals surface area contributed by atoms with Crippen LogP contribution in [0.15, 0.2) is 28.7 Å². The highest BCUT2D eigenvalue weighted by molar-refractivity contribution is 9.10. The van der Waals surface area contributed by atoms with E-state index in [1.165, 1.54) is 18.4 Å². The van der Waals surface area contributed by atoms with Gasteiger partial charge in [0.05, 0.1) is 0 Å². The van der Waals surface area contributed by atoms with E-state index in [0.29, 0.717) is 6.42 Å². The fourth-order valence-corrected chi connectivity index (χ4v) is 3.07. The third-order valence-electron chi connectivity index (χ3n) is 3.80. The van der Waals surface area contributed by atoms with Crippen molar-refractivity contribution in [2.45, 2.75) is 32.1 Å². The maximum absolute atomic E-state index is 11.8. The molecule has 0 saturated carbocycles. The number of halogens is 1. The van der Waals surface area contributed by atoms with Gasteiger partial charge in [-0.25, -0.2) is 0 Å². The van der Waals surface area contributed by atoms with Crippen molar-refractivity contribution in [1.29, 1.82) is 0 Å². The summed E-state index contributed by atoms with van der Waals surface area (Å²) in [6, 6.07) is 8.14. The Morgan fingerprint density at radius 3 is 3.10 bits per heavy atom. The molecule has 2 rings (SSSR count). The van der Waals surface area contributed by atoms with Crippen LogP contribution in [0.4, 0.5) is 0 Å². The first kappa shape index (κ1) is 15.5. The summed E-state index contributed by atoms with van der Waals surface area (Å²) < 4.78 is 1.07. The van der Waals surface area contributed by atoms with Crippen LogP contribution in [0.5, 0.6) is 0 Å². The summed E-state index contributed by atoms with van der Waals surface area (Å²) in [5.41, 5.74) is 1.20. The Balaban J connectivity index is 1.60. The van der Waals surface area contributed by atoms with Crippen LogP contribution in [0.25, 0.3) is 0 Å². The quantitative estimate of drug-likeness (QED) is 0.837. The molecule has 0 aromatic heterocycles. The number of carbonyl (C=O) groups excluding carboxylic acids is 1. The van der Waals surface area contributed by atoms with Gasteiger partial charge in [-0.1, -0.05) is 28.1 Å². The topological polar surface area (TPSA) is 41.1 Å². The number of aryl methyl sites for hydroxylation is 1. The molecule has 1 aromatic rings. The number of hydrogen-bond acceptors (Lipinski definition) is 2. The van der Waals surface area contributed by atoms with E-state index in [2.05, 4.69) is 38.7 Å². The molecule has 1 amide bonds. The van der Waals surface area contributed by atoms with Crippen molar-refractivity contribution in [3.05, 3.63) is 34.3 Å². The molecule has 20 heavy (non-hydrogen) atoms. The number of nitrogens with one attached hydrogen (secondary N) is 2. The average Bonchev–Trinajstić information content (AvgIpc) is 2.46. The monoisotopic (exact) mass is 338 g/mol. The maximum atomic E-state index is 11.8. The van der Waals surface area contributed by atoms with Crippen molar-refractivity contribution in [3.63, 3.8) is 0 Å². The summed E-state index contributed by atoms with van der Waals surface area (Å²) in [6.07, 6.45) is 5.02. The Morgan fingerprint density at radius 2 is 2.35 bits per heavy atom. The minimum atomic E-state index is 0.161. The Labute approximate surface area is 129 Å². The van der Waals surface area contributed by atoms with Gasteiger partial charge in [0, 0.05) is 17.4 Å². The summed E-state index contributed by atoms with van der Waals surface area (Å²) >= 11 is 3.45. The second-order valence-corrected chi connectivity index (χ2v) is 6.40. The van der Waals surface area contributed by atoms with Gasteiger partial charge < -0.3 is 10.6 Å². The Kier molecular flexibility index (Phi) is 6.54. The van der Waals surface area contributed by atoms with E-state index in [1.54, 1.807) is 0 Å². The molecule has 0 bridgehead atoms. The van der Waals surface area contributed by atoms with Crippen LogP contribution < -0.4 is 10.6 Å². The summed E-state index contributed by atoms with van der Waals surface area (Å²) in [7, 11) is 0. The minimum Gasteiger partial charge on any atom is -0.356 e. The fraction of sp³-hybridized carbons (Fsp3) is 0.562. The first-order valence-corrected chi connectivity index (χ1v) is 8.25. The van der Waals surface area contributed by atoms with Crippen molar-refractivity contribution in [2.24, 2.45) is 5.92 Å². The molecular weight excluding hydrogens is 316 g/mol. The smallest absolute Gasteiger partial charge is 0.220 e. The van der Waals surface area contributed by atoms with Gasteiger partial charge >= 0.3 is 0 Å². The molecule has 4 heteroatoms. The van der Waals surface area contributed by atoms with Gasteiger partial charge in [-0.05, 0) is 62.4 Å². The summed E-state index contributed by atoms with van der Waals surface area (Å²) in [4.78, 5) is 11.8. The predicted octanol–water partition coefficient (Wildman–Crippen LogP) is 2.89. The standard InChI is InChI=1S/C16H23BrN2O/c17-15-5-1-3-13(11-15)6-7-16(20)19-10-8-14-4-2-9-18-12-14/h1,3,5,11,14,18H,2,4,6-10,12H2,(H,19,20). The first-order valence-electron chi connectivity index (χ1n) is 7.46. The van der Waals surface area contributed by atoms with Crippen LogP contribution in [0.3, 0.4) is 0 Å². The van der Waals surface area contributed by atoms with Gasteiger partial charge in [0.25, 0.3) is 0 Å². The second kappa shape index (κ2) is 8.42. The zero-order valence-corrected chi connectivity index (χ0v) is 13.4. The van der Waals surface area contributed by atoms with E-state index in [4.69, 9.17) is 0 Å². The Bertz CT molecular complexity index is 430. The highest BCUT2D eigenvalue weighted by Crippen LogP contribution is 2.14. The summed E-state index contributed by atoms with van der Waals surface area (Å²) in [5.74, 6) is 0.892. The van der Waals surface area contributed by atoms with Crippen LogP contribution in [0, 0.1) is 5.92 Å². The third-order valence-corrected chi connectivity index (χ3v) is 4.30. The van der Waals surface area contributed by atoms with E-state index < -0.39 is 0 Å². The first-order chi connectivity index (χ1) is 9.74. The third kappa shape index (κ3) is 5.63. The molecule has 1 unspecified atom stereocenters. The van der Waals surface area contributed by atoms with Crippen LogP contribution >= 0.6 is 15.9 Å². The number of hydrogen-bond donors (Lipinski definition) is 2. The molecule has 110 valence electrons. The van der Waals surface area contributed by atoms with E-state index in [9.17, 15) is 4.79 Å². The molecule has 1 saturated heterocycles. The largest absolute Gasteiger partial charge is 0.356 e. The van der Waals surface area contributed by atoms with Gasteiger partial charge in [-0.3, -0.25) is 4.79 Å². The molecule has 1 aliphatic heterocycles. The lowest BCUT2D eigenvalue weighted by atomic mass is 9.96. The number of benzene rings is 1. The van der Waals surface area contributed by atoms with Gasteiger partial charge in [-0.2, -0.15) is 0 Å². The number of amides is 1. The normalized spacial score (nSPS) is 18.8. The average molecular weight is 339 g/mol. The Hall–Kier alpha value is -0.870. The highest BCUT2D eigenvalue weighted by atomic mass is 79.9. The lowest BCUT2D eigenvalue weighted by molar-refractivity contribution is -0.121. The summed E-state index contributed by atoms with van der Waals surface area (Å²) in [5, 5.41) is 6.44.